The zero-order chi connectivity index (χ0) is 12.9. The van der Waals surface area contributed by atoms with Crippen LogP contribution in [0.25, 0.3) is 0 Å². The summed E-state index contributed by atoms with van der Waals surface area (Å²) < 4.78 is 0. The van der Waals surface area contributed by atoms with Crippen LogP contribution >= 0.6 is 0 Å². The van der Waals surface area contributed by atoms with Crippen molar-refractivity contribution in [2.24, 2.45) is 11.8 Å². The van der Waals surface area contributed by atoms with E-state index in [2.05, 4.69) is 10.9 Å². The molecule has 0 heterocycles. The Balaban J connectivity index is 4.38. The molecule has 0 aromatic rings. The molecule has 16 heavy (non-hydrogen) atoms. The number of hydrazine groups is 1. The minimum Gasteiger partial charge on any atom is -0.480 e. The average Bonchev–Trinajstić information content (AvgIpc) is 2.09. The van der Waals surface area contributed by atoms with Crippen molar-refractivity contribution in [1.29, 1.82) is 0 Å². The zero-order valence-electron chi connectivity index (χ0n) is 10.0. The first-order valence-electron chi connectivity index (χ1n) is 5.24. The Labute approximate surface area is 95.0 Å². The third-order valence-corrected chi connectivity index (χ3v) is 2.26. The van der Waals surface area contributed by atoms with Gasteiger partial charge >= 0.3 is 11.9 Å². The lowest BCUT2D eigenvalue weighted by atomic mass is 10.0. The molecular weight excluding hydrogens is 212 g/mol. The molecule has 0 saturated heterocycles. The van der Waals surface area contributed by atoms with Gasteiger partial charge in [0.25, 0.3) is 0 Å². The predicted molar refractivity (Wildman–Crippen MR) is 58.8 cm³/mol. The topological polar surface area (TPSA) is 98.7 Å². The van der Waals surface area contributed by atoms with Gasteiger partial charge in [0.15, 0.2) is 0 Å². The van der Waals surface area contributed by atoms with Gasteiger partial charge in [-0.25, -0.2) is 10.9 Å². The van der Waals surface area contributed by atoms with E-state index in [9.17, 15) is 9.59 Å². The second kappa shape index (κ2) is 6.44. The van der Waals surface area contributed by atoms with E-state index in [4.69, 9.17) is 10.2 Å². The zero-order valence-corrected chi connectivity index (χ0v) is 10.0. The van der Waals surface area contributed by atoms with Crippen molar-refractivity contribution in [2.45, 2.75) is 39.8 Å². The molecule has 94 valence electrons. The van der Waals surface area contributed by atoms with Gasteiger partial charge in [0.1, 0.15) is 12.1 Å². The third-order valence-electron chi connectivity index (χ3n) is 2.26. The first-order valence-corrected chi connectivity index (χ1v) is 5.24. The standard InChI is InChI=1S/C10H20N2O4/c1-5(2)7(9(13)14)11-12-8(6(3)4)10(15)16/h5-8,11-12H,1-4H3,(H,13,14)(H,15,16)/t7-,8-/m0/s1. The van der Waals surface area contributed by atoms with E-state index in [0.29, 0.717) is 0 Å². The maximum absolute atomic E-state index is 10.8. The molecule has 0 aliphatic heterocycles. The number of aliphatic carboxylic acids is 2. The summed E-state index contributed by atoms with van der Waals surface area (Å²) in [6.07, 6.45) is 0. The molecule has 2 atom stereocenters. The van der Waals surface area contributed by atoms with Crippen molar-refractivity contribution in [3.05, 3.63) is 0 Å². The number of carboxylic acid groups (broad SMARTS) is 2. The quantitative estimate of drug-likeness (QED) is 0.471. The van der Waals surface area contributed by atoms with Gasteiger partial charge in [-0.05, 0) is 11.8 Å². The highest BCUT2D eigenvalue weighted by Gasteiger charge is 2.25. The Bertz CT molecular complexity index is 227. The minimum atomic E-state index is -1.00. The Hall–Kier alpha value is -1.14. The lowest BCUT2D eigenvalue weighted by Crippen LogP contribution is -2.55. The second-order valence-electron chi connectivity index (χ2n) is 4.41. The normalized spacial score (nSPS) is 15.1. The first-order chi connectivity index (χ1) is 7.27. The van der Waals surface area contributed by atoms with Gasteiger partial charge < -0.3 is 10.2 Å². The molecule has 0 amide bonds. The molecule has 0 aromatic carbocycles. The summed E-state index contributed by atoms with van der Waals surface area (Å²) in [7, 11) is 0. The van der Waals surface area contributed by atoms with Crippen LogP contribution in [0.3, 0.4) is 0 Å². The lowest BCUT2D eigenvalue weighted by molar-refractivity contribution is -0.144. The fraction of sp³-hybridized carbons (Fsp3) is 0.800. The molecule has 0 unspecified atom stereocenters. The Morgan fingerprint density at radius 3 is 1.19 bits per heavy atom. The number of rotatable bonds is 7. The summed E-state index contributed by atoms with van der Waals surface area (Å²) in [6, 6.07) is -1.61. The number of carbonyl (C=O) groups is 2. The molecule has 4 N–H and O–H groups in total. The highest BCUT2D eigenvalue weighted by molar-refractivity contribution is 5.75. The number of hydrogen-bond acceptors (Lipinski definition) is 4. The molecule has 0 aliphatic rings. The summed E-state index contributed by atoms with van der Waals surface area (Å²) in [5.41, 5.74) is 5.10. The van der Waals surface area contributed by atoms with Crippen LogP contribution in [0.1, 0.15) is 27.7 Å². The van der Waals surface area contributed by atoms with Crippen molar-refractivity contribution in [3.63, 3.8) is 0 Å². The van der Waals surface area contributed by atoms with Crippen molar-refractivity contribution >= 4 is 11.9 Å². The summed E-state index contributed by atoms with van der Waals surface area (Å²) in [6.45, 7) is 6.99. The molecular formula is C10H20N2O4. The summed E-state index contributed by atoms with van der Waals surface area (Å²) in [4.78, 5) is 21.7. The molecule has 0 aliphatic carbocycles. The maximum atomic E-state index is 10.8. The predicted octanol–water partition coefficient (Wildman–Crippen LogP) is 0.299. The van der Waals surface area contributed by atoms with E-state index in [-0.39, 0.29) is 11.8 Å². The van der Waals surface area contributed by atoms with Crippen LogP contribution in [-0.2, 0) is 9.59 Å². The fourth-order valence-corrected chi connectivity index (χ4v) is 1.21. The molecule has 6 heteroatoms. The van der Waals surface area contributed by atoms with Crippen LogP contribution in [0.4, 0.5) is 0 Å². The molecule has 0 rings (SSSR count). The van der Waals surface area contributed by atoms with E-state index >= 15 is 0 Å². The first kappa shape index (κ1) is 14.9. The van der Waals surface area contributed by atoms with Crippen LogP contribution in [0, 0.1) is 11.8 Å². The van der Waals surface area contributed by atoms with Crippen molar-refractivity contribution in [3.8, 4) is 0 Å². The molecule has 0 saturated carbocycles. The lowest BCUT2D eigenvalue weighted by Gasteiger charge is -2.23. The second-order valence-corrected chi connectivity index (χ2v) is 4.41. The van der Waals surface area contributed by atoms with Gasteiger partial charge in [-0.2, -0.15) is 0 Å². The van der Waals surface area contributed by atoms with Gasteiger partial charge in [0, 0.05) is 0 Å². The van der Waals surface area contributed by atoms with Crippen LogP contribution in [0.2, 0.25) is 0 Å². The highest BCUT2D eigenvalue weighted by atomic mass is 16.4. The molecule has 0 radical (unpaired) electrons. The van der Waals surface area contributed by atoms with E-state index in [1.165, 1.54) is 0 Å². The maximum Gasteiger partial charge on any atom is 0.322 e. The Kier molecular flexibility index (Phi) is 5.98. The van der Waals surface area contributed by atoms with E-state index in [1.807, 2.05) is 0 Å². The van der Waals surface area contributed by atoms with Gasteiger partial charge in [0.05, 0.1) is 0 Å². The molecule has 6 nitrogen and oxygen atoms in total. The Morgan fingerprint density at radius 2 is 1.06 bits per heavy atom. The van der Waals surface area contributed by atoms with E-state index in [1.54, 1.807) is 27.7 Å². The SMILES string of the molecule is CC(C)[C@H](NN[C@H](C(=O)O)C(C)C)C(=O)O. The van der Waals surface area contributed by atoms with Crippen LogP contribution in [-0.4, -0.2) is 34.2 Å². The van der Waals surface area contributed by atoms with E-state index < -0.39 is 24.0 Å². The third kappa shape index (κ3) is 4.59. The van der Waals surface area contributed by atoms with E-state index in [0.717, 1.165) is 0 Å². The van der Waals surface area contributed by atoms with Crippen LogP contribution in [0.15, 0.2) is 0 Å². The molecule has 0 aromatic heterocycles. The summed E-state index contributed by atoms with van der Waals surface area (Å²) in [5.74, 6) is -2.27. The number of nitrogens with one attached hydrogen (secondary N) is 2. The van der Waals surface area contributed by atoms with Crippen molar-refractivity contribution < 1.29 is 19.8 Å². The molecule has 0 spiro atoms. The molecule has 0 fully saturated rings. The average molecular weight is 232 g/mol. The fourth-order valence-electron chi connectivity index (χ4n) is 1.21. The number of hydrogen-bond donors (Lipinski definition) is 4. The smallest absolute Gasteiger partial charge is 0.322 e. The number of carboxylic acids is 2. The van der Waals surface area contributed by atoms with Crippen LogP contribution in [0.5, 0.6) is 0 Å². The monoisotopic (exact) mass is 232 g/mol. The highest BCUT2D eigenvalue weighted by Crippen LogP contribution is 2.03. The van der Waals surface area contributed by atoms with Gasteiger partial charge in [0.2, 0.25) is 0 Å². The minimum absolute atomic E-state index is 0.133. The largest absolute Gasteiger partial charge is 0.480 e. The van der Waals surface area contributed by atoms with Gasteiger partial charge in [-0.1, -0.05) is 27.7 Å². The van der Waals surface area contributed by atoms with Crippen molar-refractivity contribution in [1.82, 2.24) is 10.9 Å². The summed E-state index contributed by atoms with van der Waals surface area (Å²) >= 11 is 0. The van der Waals surface area contributed by atoms with Gasteiger partial charge in [-0.15, -0.1) is 0 Å². The van der Waals surface area contributed by atoms with Gasteiger partial charge in [-0.3, -0.25) is 9.59 Å². The van der Waals surface area contributed by atoms with Crippen LogP contribution < -0.4 is 10.9 Å². The van der Waals surface area contributed by atoms with Crippen molar-refractivity contribution in [2.75, 3.05) is 0 Å². The Morgan fingerprint density at radius 1 is 0.812 bits per heavy atom. The molecule has 0 bridgehead atoms. The summed E-state index contributed by atoms with van der Waals surface area (Å²) in [5, 5.41) is 17.8.